The van der Waals surface area contributed by atoms with Crippen LogP contribution in [0.15, 0.2) is 47.5 Å². The highest BCUT2D eigenvalue weighted by molar-refractivity contribution is 6.30. The van der Waals surface area contributed by atoms with E-state index in [-0.39, 0.29) is 11.8 Å². The third-order valence-corrected chi connectivity index (χ3v) is 4.31. The number of hydrogen-bond donors (Lipinski definition) is 3. The topological polar surface area (TPSA) is 77.5 Å². The maximum atomic E-state index is 12.2. The van der Waals surface area contributed by atoms with Gasteiger partial charge in [0.15, 0.2) is 5.88 Å². The predicted octanol–water partition coefficient (Wildman–Crippen LogP) is 4.81. The van der Waals surface area contributed by atoms with E-state index in [4.69, 9.17) is 11.6 Å². The number of nitrogens with zero attached hydrogens (tertiary/aromatic N) is 1. The SMILES string of the molecule is CCCNC(=O)c1ccc2[nH]c(O)c(C(C)=Nc3ccc(Cl)cc3)c2c1. The molecule has 0 atom stereocenters. The first-order valence-corrected chi connectivity index (χ1v) is 8.81. The molecule has 0 bridgehead atoms. The minimum absolute atomic E-state index is 0.0290. The van der Waals surface area contributed by atoms with Crippen LogP contribution in [0.1, 0.15) is 36.2 Å². The van der Waals surface area contributed by atoms with E-state index in [0.717, 1.165) is 23.0 Å². The van der Waals surface area contributed by atoms with E-state index in [2.05, 4.69) is 15.3 Å². The second-order valence-corrected chi connectivity index (χ2v) is 6.47. The van der Waals surface area contributed by atoms with Crippen LogP contribution in [0.5, 0.6) is 5.88 Å². The molecule has 3 rings (SSSR count). The summed E-state index contributed by atoms with van der Waals surface area (Å²) in [5.74, 6) is -0.103. The Hall–Kier alpha value is -2.79. The van der Waals surface area contributed by atoms with Crippen LogP contribution in [0.25, 0.3) is 10.9 Å². The molecule has 1 amide bonds. The fourth-order valence-corrected chi connectivity index (χ4v) is 2.92. The summed E-state index contributed by atoms with van der Waals surface area (Å²) in [7, 11) is 0. The lowest BCUT2D eigenvalue weighted by Crippen LogP contribution is -2.23. The average Bonchev–Trinajstić information content (AvgIpc) is 2.96. The van der Waals surface area contributed by atoms with Gasteiger partial charge in [-0.2, -0.15) is 0 Å². The molecule has 26 heavy (non-hydrogen) atoms. The van der Waals surface area contributed by atoms with E-state index in [1.54, 1.807) is 42.5 Å². The number of benzene rings is 2. The molecule has 0 saturated carbocycles. The highest BCUT2D eigenvalue weighted by Crippen LogP contribution is 2.30. The van der Waals surface area contributed by atoms with Crippen molar-refractivity contribution in [3.63, 3.8) is 0 Å². The van der Waals surface area contributed by atoms with Crippen LogP contribution in [0.4, 0.5) is 5.69 Å². The number of halogens is 1. The van der Waals surface area contributed by atoms with Gasteiger partial charge >= 0.3 is 0 Å². The normalized spacial score (nSPS) is 11.7. The standard InChI is InChI=1S/C20H20ClN3O2/c1-3-10-22-19(25)13-4-9-17-16(11-13)18(20(26)24-17)12(2)23-15-7-5-14(21)6-8-15/h4-9,11,24,26H,3,10H2,1-2H3,(H,22,25). The van der Waals surface area contributed by atoms with Gasteiger partial charge < -0.3 is 15.4 Å². The van der Waals surface area contributed by atoms with Crippen LogP contribution in [0.3, 0.4) is 0 Å². The van der Waals surface area contributed by atoms with Crippen LogP contribution in [0.2, 0.25) is 5.02 Å². The largest absolute Gasteiger partial charge is 0.494 e. The Morgan fingerprint density at radius 1 is 1.23 bits per heavy atom. The Bertz CT molecular complexity index is 975. The Balaban J connectivity index is 2.02. The zero-order valence-electron chi connectivity index (χ0n) is 14.6. The molecule has 6 heteroatoms. The maximum absolute atomic E-state index is 12.2. The zero-order chi connectivity index (χ0) is 18.7. The summed E-state index contributed by atoms with van der Waals surface area (Å²) in [4.78, 5) is 19.7. The molecule has 0 unspecified atom stereocenters. The molecule has 5 nitrogen and oxygen atoms in total. The van der Waals surface area contributed by atoms with Gasteiger partial charge in [-0.15, -0.1) is 0 Å². The lowest BCUT2D eigenvalue weighted by Gasteiger charge is -2.05. The maximum Gasteiger partial charge on any atom is 0.251 e. The highest BCUT2D eigenvalue weighted by Gasteiger charge is 2.16. The number of carbonyl (C=O) groups is 1. The van der Waals surface area contributed by atoms with E-state index < -0.39 is 0 Å². The zero-order valence-corrected chi connectivity index (χ0v) is 15.4. The van der Waals surface area contributed by atoms with Gasteiger partial charge in [-0.3, -0.25) is 9.79 Å². The summed E-state index contributed by atoms with van der Waals surface area (Å²) in [5.41, 5.74) is 3.25. The number of aromatic hydroxyl groups is 1. The van der Waals surface area contributed by atoms with Crippen molar-refractivity contribution in [3.8, 4) is 5.88 Å². The summed E-state index contributed by atoms with van der Waals surface area (Å²) < 4.78 is 0. The number of hydrogen-bond acceptors (Lipinski definition) is 3. The van der Waals surface area contributed by atoms with Crippen LogP contribution < -0.4 is 5.32 Å². The first-order valence-electron chi connectivity index (χ1n) is 8.43. The number of rotatable bonds is 5. The Morgan fingerprint density at radius 2 is 1.96 bits per heavy atom. The van der Waals surface area contributed by atoms with E-state index in [1.165, 1.54) is 0 Å². The van der Waals surface area contributed by atoms with E-state index in [9.17, 15) is 9.90 Å². The average molecular weight is 370 g/mol. The molecule has 134 valence electrons. The second kappa shape index (κ2) is 7.62. The van der Waals surface area contributed by atoms with Crippen molar-refractivity contribution in [3.05, 3.63) is 58.6 Å². The molecule has 0 aliphatic heterocycles. The van der Waals surface area contributed by atoms with E-state index in [0.29, 0.717) is 28.4 Å². The van der Waals surface area contributed by atoms with Gasteiger partial charge in [0.2, 0.25) is 0 Å². The number of aromatic amines is 1. The molecule has 0 aliphatic carbocycles. The van der Waals surface area contributed by atoms with Crippen molar-refractivity contribution < 1.29 is 9.90 Å². The van der Waals surface area contributed by atoms with Gasteiger partial charge in [0.05, 0.1) is 17.0 Å². The number of H-pyrrole nitrogens is 1. The summed E-state index contributed by atoms with van der Waals surface area (Å²) in [6.07, 6.45) is 0.872. The third kappa shape index (κ3) is 3.73. The summed E-state index contributed by atoms with van der Waals surface area (Å²) >= 11 is 5.90. The summed E-state index contributed by atoms with van der Waals surface area (Å²) in [6, 6.07) is 12.4. The molecule has 0 spiro atoms. The van der Waals surface area contributed by atoms with Gasteiger partial charge in [-0.1, -0.05) is 18.5 Å². The van der Waals surface area contributed by atoms with Crippen molar-refractivity contribution in [2.75, 3.05) is 6.54 Å². The Kier molecular flexibility index (Phi) is 5.28. The molecular weight excluding hydrogens is 350 g/mol. The first-order chi connectivity index (χ1) is 12.5. The minimum atomic E-state index is -0.132. The molecule has 3 aromatic rings. The number of amides is 1. The van der Waals surface area contributed by atoms with Gasteiger partial charge in [-0.05, 0) is 55.8 Å². The molecule has 1 heterocycles. The smallest absolute Gasteiger partial charge is 0.251 e. The van der Waals surface area contributed by atoms with Crippen LogP contribution in [-0.2, 0) is 0 Å². The Labute approximate surface area is 156 Å². The minimum Gasteiger partial charge on any atom is -0.494 e. The summed E-state index contributed by atoms with van der Waals surface area (Å²) in [6.45, 7) is 4.45. The quantitative estimate of drug-likeness (QED) is 0.564. The van der Waals surface area contributed by atoms with Crippen molar-refractivity contribution in [1.29, 1.82) is 0 Å². The fourth-order valence-electron chi connectivity index (χ4n) is 2.79. The summed E-state index contributed by atoms with van der Waals surface area (Å²) in [5, 5.41) is 14.6. The third-order valence-electron chi connectivity index (χ3n) is 4.06. The van der Waals surface area contributed by atoms with Gasteiger partial charge in [0.25, 0.3) is 5.91 Å². The fraction of sp³-hybridized carbons (Fsp3) is 0.200. The van der Waals surface area contributed by atoms with Crippen molar-refractivity contribution in [2.45, 2.75) is 20.3 Å². The van der Waals surface area contributed by atoms with E-state index >= 15 is 0 Å². The highest BCUT2D eigenvalue weighted by atomic mass is 35.5. The van der Waals surface area contributed by atoms with Crippen molar-refractivity contribution in [1.82, 2.24) is 10.3 Å². The van der Waals surface area contributed by atoms with Gasteiger partial charge in [0.1, 0.15) is 0 Å². The number of carbonyl (C=O) groups excluding carboxylic acids is 1. The predicted molar refractivity (Wildman–Crippen MR) is 106 cm³/mol. The van der Waals surface area contributed by atoms with Crippen molar-refractivity contribution >= 4 is 39.8 Å². The number of aliphatic imine (C=N–C) groups is 1. The number of aromatic nitrogens is 1. The molecule has 0 aliphatic rings. The lowest BCUT2D eigenvalue weighted by atomic mass is 10.1. The van der Waals surface area contributed by atoms with Crippen LogP contribution in [-0.4, -0.2) is 28.3 Å². The lowest BCUT2D eigenvalue weighted by molar-refractivity contribution is 0.0954. The van der Waals surface area contributed by atoms with Crippen LogP contribution in [0, 0.1) is 0 Å². The monoisotopic (exact) mass is 369 g/mol. The second-order valence-electron chi connectivity index (χ2n) is 6.04. The molecule has 3 N–H and O–H groups in total. The molecule has 2 aromatic carbocycles. The Morgan fingerprint density at radius 3 is 2.65 bits per heavy atom. The molecule has 0 radical (unpaired) electrons. The van der Waals surface area contributed by atoms with E-state index in [1.807, 2.05) is 13.8 Å². The molecule has 0 saturated heterocycles. The van der Waals surface area contributed by atoms with Gasteiger partial charge in [-0.25, -0.2) is 0 Å². The number of fused-ring (bicyclic) bond motifs is 1. The van der Waals surface area contributed by atoms with Gasteiger partial charge in [0, 0.05) is 28.0 Å². The first kappa shape index (κ1) is 18.0. The number of nitrogens with one attached hydrogen (secondary N) is 2. The molecule has 1 aromatic heterocycles. The molecule has 0 fully saturated rings. The molecular formula is C20H20ClN3O2. The van der Waals surface area contributed by atoms with Crippen molar-refractivity contribution in [2.24, 2.45) is 4.99 Å². The van der Waals surface area contributed by atoms with Crippen LogP contribution >= 0.6 is 11.6 Å².